The quantitative estimate of drug-likeness (QED) is 0.422. The highest BCUT2D eigenvalue weighted by Crippen LogP contribution is 2.10. The highest BCUT2D eigenvalue weighted by molar-refractivity contribution is 5.80. The van der Waals surface area contributed by atoms with Gasteiger partial charge in [0.2, 0.25) is 0 Å². The molecule has 0 fully saturated rings. The van der Waals surface area contributed by atoms with Crippen LogP contribution in [0.25, 0.3) is 22.9 Å². The molecule has 0 N–H and O–H groups in total. The molecule has 0 aliphatic rings. The van der Waals surface area contributed by atoms with E-state index < -0.39 is 0 Å². The number of rotatable bonds is 8. The molecule has 25 heavy (non-hydrogen) atoms. The molecular weight excluding hydrogens is 304 g/mol. The molecule has 0 atom stereocenters. The molecule has 0 radical (unpaired) electrons. The predicted molar refractivity (Wildman–Crippen MR) is 105 cm³/mol. The Bertz CT molecular complexity index is 880. The summed E-state index contributed by atoms with van der Waals surface area (Å²) in [6.45, 7) is 9.84. The lowest BCUT2D eigenvalue weighted by molar-refractivity contribution is -0.700. The first-order valence-electron chi connectivity index (χ1n) is 8.96. The number of pyridine rings is 2. The first-order chi connectivity index (χ1) is 12.3. The molecular formula is C23H26N2+2. The van der Waals surface area contributed by atoms with E-state index in [1.54, 1.807) is 0 Å². The molecule has 0 amide bonds. The Kier molecular flexibility index (Phi) is 5.73. The van der Waals surface area contributed by atoms with Gasteiger partial charge in [0.1, 0.15) is 13.1 Å². The maximum Gasteiger partial charge on any atom is 0.176 e. The van der Waals surface area contributed by atoms with Gasteiger partial charge in [0.05, 0.1) is 0 Å². The first kappa shape index (κ1) is 17.1. The summed E-state index contributed by atoms with van der Waals surface area (Å²) in [5, 5.41) is 2.61. The third-order valence-corrected chi connectivity index (χ3v) is 4.60. The van der Waals surface area contributed by atoms with Crippen LogP contribution in [0.3, 0.4) is 0 Å². The second-order valence-electron chi connectivity index (χ2n) is 6.37. The summed E-state index contributed by atoms with van der Waals surface area (Å²) in [4.78, 5) is 0. The van der Waals surface area contributed by atoms with Crippen molar-refractivity contribution < 1.29 is 9.13 Å². The molecule has 0 saturated carbocycles. The third kappa shape index (κ3) is 4.42. The van der Waals surface area contributed by atoms with Crippen LogP contribution in [0, 0.1) is 0 Å². The number of fused-ring (bicyclic) bond motifs is 1. The van der Waals surface area contributed by atoms with Gasteiger partial charge in [0, 0.05) is 35.9 Å². The predicted octanol–water partition coefficient (Wildman–Crippen LogP) is 4.57. The zero-order chi connectivity index (χ0) is 17.5. The molecule has 1 aromatic carbocycles. The third-order valence-electron chi connectivity index (χ3n) is 4.60. The number of nitrogens with zero attached hydrogens (tertiary/aromatic N) is 2. The molecule has 0 bridgehead atoms. The summed E-state index contributed by atoms with van der Waals surface area (Å²) in [7, 11) is 0. The van der Waals surface area contributed by atoms with Crippen LogP contribution in [0.4, 0.5) is 0 Å². The summed E-state index contributed by atoms with van der Waals surface area (Å²) >= 11 is 0. The maximum atomic E-state index is 3.88. The van der Waals surface area contributed by atoms with E-state index in [4.69, 9.17) is 0 Å². The fourth-order valence-corrected chi connectivity index (χ4v) is 3.15. The molecule has 0 spiro atoms. The molecule has 0 aliphatic carbocycles. The topological polar surface area (TPSA) is 7.76 Å². The number of hydrogen-bond acceptors (Lipinski definition) is 0. The van der Waals surface area contributed by atoms with Gasteiger partial charge in [-0.3, -0.25) is 0 Å². The van der Waals surface area contributed by atoms with Crippen molar-refractivity contribution in [2.45, 2.75) is 32.4 Å². The molecule has 126 valence electrons. The lowest BCUT2D eigenvalue weighted by Crippen LogP contribution is -2.34. The summed E-state index contributed by atoms with van der Waals surface area (Å²) in [6.07, 6.45) is 16.1. The van der Waals surface area contributed by atoms with Crippen molar-refractivity contribution in [3.05, 3.63) is 85.5 Å². The lowest BCUT2D eigenvalue weighted by atomic mass is 10.1. The summed E-state index contributed by atoms with van der Waals surface area (Å²) in [5.74, 6) is 0. The molecule has 3 aromatic rings. The molecule has 0 unspecified atom stereocenters. The van der Waals surface area contributed by atoms with E-state index in [-0.39, 0.29) is 0 Å². The Hall–Kier alpha value is -2.74. The number of benzene rings is 1. The molecule has 3 rings (SSSR count). The SMILES string of the molecule is C=Cc1cc[n+](CCCCC[n+]2ccc3ccccc3c2)cc1C=C. The van der Waals surface area contributed by atoms with Crippen LogP contribution in [-0.4, -0.2) is 0 Å². The normalized spacial score (nSPS) is 10.7. The van der Waals surface area contributed by atoms with Crippen LogP contribution >= 0.6 is 0 Å². The lowest BCUT2D eigenvalue weighted by Gasteiger charge is -2.02. The zero-order valence-electron chi connectivity index (χ0n) is 14.8. The van der Waals surface area contributed by atoms with E-state index in [1.165, 1.54) is 30.0 Å². The van der Waals surface area contributed by atoms with Gasteiger partial charge in [-0.25, -0.2) is 9.13 Å². The van der Waals surface area contributed by atoms with Crippen molar-refractivity contribution in [1.29, 1.82) is 0 Å². The maximum absolute atomic E-state index is 3.88. The molecule has 2 heteroatoms. The second-order valence-corrected chi connectivity index (χ2v) is 6.37. The van der Waals surface area contributed by atoms with Crippen molar-refractivity contribution in [2.24, 2.45) is 0 Å². The van der Waals surface area contributed by atoms with Crippen LogP contribution in [0.1, 0.15) is 30.4 Å². The first-order valence-corrected chi connectivity index (χ1v) is 8.96. The van der Waals surface area contributed by atoms with E-state index in [2.05, 4.69) is 83.5 Å². The average molecular weight is 330 g/mol. The Morgan fingerprint density at radius 1 is 0.680 bits per heavy atom. The average Bonchev–Trinajstić information content (AvgIpc) is 2.67. The van der Waals surface area contributed by atoms with Crippen molar-refractivity contribution in [2.75, 3.05) is 0 Å². The monoisotopic (exact) mass is 330 g/mol. The van der Waals surface area contributed by atoms with Gasteiger partial charge in [0.15, 0.2) is 24.8 Å². The summed E-state index contributed by atoms with van der Waals surface area (Å²) in [6, 6.07) is 12.8. The minimum Gasteiger partial charge on any atom is -0.205 e. The van der Waals surface area contributed by atoms with Crippen molar-refractivity contribution in [3.8, 4) is 0 Å². The zero-order valence-corrected chi connectivity index (χ0v) is 14.8. The van der Waals surface area contributed by atoms with Gasteiger partial charge in [-0.1, -0.05) is 43.5 Å². The minimum absolute atomic E-state index is 1.04. The molecule has 2 aromatic heterocycles. The molecule has 2 nitrogen and oxygen atoms in total. The van der Waals surface area contributed by atoms with Crippen molar-refractivity contribution >= 4 is 22.9 Å². The summed E-state index contributed by atoms with van der Waals surface area (Å²) < 4.78 is 4.54. The Morgan fingerprint density at radius 2 is 1.32 bits per heavy atom. The molecule has 0 saturated heterocycles. The van der Waals surface area contributed by atoms with E-state index >= 15 is 0 Å². The van der Waals surface area contributed by atoms with E-state index in [9.17, 15) is 0 Å². The standard InChI is InChI=1S/C23H26N2/c1-3-20-12-16-24(18-21(20)4-2)14-8-5-9-15-25-17-13-22-10-6-7-11-23(22)19-25/h3-4,6-7,10-13,16-19H,1-2,5,8-9,14-15H2/q+2. The highest BCUT2D eigenvalue weighted by Gasteiger charge is 2.06. The van der Waals surface area contributed by atoms with Crippen LogP contribution < -0.4 is 9.13 Å². The van der Waals surface area contributed by atoms with Gasteiger partial charge in [0.25, 0.3) is 0 Å². The van der Waals surface area contributed by atoms with Gasteiger partial charge in [-0.2, -0.15) is 0 Å². The fourth-order valence-electron chi connectivity index (χ4n) is 3.15. The number of aryl methyl sites for hydroxylation is 2. The highest BCUT2D eigenvalue weighted by atomic mass is 14.9. The smallest absolute Gasteiger partial charge is 0.176 e. The van der Waals surface area contributed by atoms with Crippen LogP contribution in [0.5, 0.6) is 0 Å². The van der Waals surface area contributed by atoms with Crippen molar-refractivity contribution in [3.63, 3.8) is 0 Å². The van der Waals surface area contributed by atoms with E-state index in [0.717, 1.165) is 24.2 Å². The Labute approximate surface area is 150 Å². The summed E-state index contributed by atoms with van der Waals surface area (Å²) in [5.41, 5.74) is 2.28. The molecule has 2 heterocycles. The van der Waals surface area contributed by atoms with Crippen LogP contribution in [-0.2, 0) is 13.1 Å². The van der Waals surface area contributed by atoms with Gasteiger partial charge in [-0.05, 0) is 23.4 Å². The fraction of sp³-hybridized carbons (Fsp3) is 0.217. The van der Waals surface area contributed by atoms with Gasteiger partial charge < -0.3 is 0 Å². The van der Waals surface area contributed by atoms with E-state index in [0.29, 0.717) is 0 Å². The molecule has 0 aliphatic heterocycles. The van der Waals surface area contributed by atoms with Crippen molar-refractivity contribution in [1.82, 2.24) is 0 Å². The number of hydrogen-bond donors (Lipinski definition) is 0. The largest absolute Gasteiger partial charge is 0.205 e. The minimum atomic E-state index is 1.04. The van der Waals surface area contributed by atoms with Gasteiger partial charge >= 0.3 is 0 Å². The van der Waals surface area contributed by atoms with Crippen LogP contribution in [0.15, 0.2) is 74.3 Å². The van der Waals surface area contributed by atoms with Gasteiger partial charge in [-0.15, -0.1) is 0 Å². The number of aromatic nitrogens is 2. The second kappa shape index (κ2) is 8.39. The van der Waals surface area contributed by atoms with E-state index in [1.807, 2.05) is 12.2 Å². The Balaban J connectivity index is 1.48. The number of unbranched alkanes of at least 4 members (excludes halogenated alkanes) is 2. The Morgan fingerprint density at radius 3 is 2.04 bits per heavy atom. The van der Waals surface area contributed by atoms with Crippen LogP contribution in [0.2, 0.25) is 0 Å².